The second-order valence-corrected chi connectivity index (χ2v) is 44.3. The Morgan fingerprint density at radius 3 is 1.28 bits per heavy atom. The highest BCUT2D eigenvalue weighted by atomic mass is 32.2. The van der Waals surface area contributed by atoms with E-state index in [2.05, 4.69) is 91.5 Å². The maximum Gasteiger partial charge on any atom is 0.364 e. The van der Waals surface area contributed by atoms with Gasteiger partial charge >= 0.3 is 47.0 Å². The van der Waals surface area contributed by atoms with Crippen LogP contribution in [-0.4, -0.2) is 132 Å². The fourth-order valence-electron chi connectivity index (χ4n) is 15.2. The molecule has 758 valence electrons. The normalized spacial score (nSPS) is 21.8. The molecule has 5 aromatic rings. The van der Waals surface area contributed by atoms with Crippen LogP contribution in [-0.2, 0) is 112 Å². The molecule has 0 spiro atoms. The number of phenolic OH excluding ortho intramolecular Hbond substituents is 2. The molecule has 5 aliphatic carbocycles. The van der Waals surface area contributed by atoms with E-state index in [1.807, 2.05) is 189 Å². The van der Waals surface area contributed by atoms with Crippen LogP contribution in [0.25, 0.3) is 0 Å². The number of carbonyl (C=O) groups excluding carboxylic acids is 7. The van der Waals surface area contributed by atoms with E-state index in [1.54, 1.807) is 43.3 Å². The maximum atomic E-state index is 12.9. The van der Waals surface area contributed by atoms with E-state index in [4.69, 9.17) is 38.6 Å². The number of phenols is 2. The van der Waals surface area contributed by atoms with Crippen LogP contribution in [0.15, 0.2) is 148 Å². The zero-order chi connectivity index (χ0) is 103. The first-order chi connectivity index (χ1) is 62.5. The summed E-state index contributed by atoms with van der Waals surface area (Å²) in [6.45, 7) is 48.3. The lowest BCUT2D eigenvalue weighted by molar-refractivity contribution is -0.174. The highest BCUT2D eigenvalue weighted by Crippen LogP contribution is 2.62. The molecule has 2 saturated heterocycles. The zero-order valence-electron chi connectivity index (χ0n) is 84.3. The summed E-state index contributed by atoms with van der Waals surface area (Å²) in [7, 11) is -10.4. The first kappa shape index (κ1) is 121. The minimum atomic E-state index is -6.07. The lowest BCUT2D eigenvalue weighted by atomic mass is 9.74. The number of nitrogens with zero attached hydrogens (tertiary/aromatic N) is 1. The van der Waals surface area contributed by atoms with Crippen molar-refractivity contribution in [2.45, 2.75) is 368 Å². The van der Waals surface area contributed by atoms with E-state index in [0.717, 1.165) is 73.1 Å². The van der Waals surface area contributed by atoms with Gasteiger partial charge in [-0.2, -0.15) is 14.0 Å². The van der Waals surface area contributed by atoms with Crippen molar-refractivity contribution in [2.75, 3.05) is 6.61 Å². The van der Waals surface area contributed by atoms with Gasteiger partial charge in [0.1, 0.15) is 67.0 Å². The molecule has 0 radical (unpaired) electrons. The van der Waals surface area contributed by atoms with Crippen LogP contribution in [0.2, 0.25) is 0 Å². The summed E-state index contributed by atoms with van der Waals surface area (Å²) in [6, 6.07) is 43.0. The molecule has 7 aliphatic rings. The Bertz CT molecular complexity index is 4700. The number of hydrogen-bond acceptors (Lipinski definition) is 23. The lowest BCUT2D eigenvalue weighted by Crippen LogP contribution is -2.42. The molecule has 2 aliphatic heterocycles. The van der Waals surface area contributed by atoms with Crippen molar-refractivity contribution in [1.29, 1.82) is 5.26 Å². The molecule has 2 heterocycles. The third-order valence-electron chi connectivity index (χ3n) is 27.1. The van der Waals surface area contributed by atoms with Crippen LogP contribution in [0.5, 0.6) is 11.5 Å². The van der Waals surface area contributed by atoms with Crippen molar-refractivity contribution in [2.24, 2.45) is 68.5 Å². The average Bonchev–Trinajstić information content (AvgIpc) is 1.54. The minimum Gasteiger partial charge on any atom is -0.744 e. The first-order valence-electron chi connectivity index (χ1n) is 47.6. The Morgan fingerprint density at radius 1 is 0.533 bits per heavy atom. The van der Waals surface area contributed by atoms with Crippen LogP contribution in [0, 0.1) is 79.8 Å². The number of hydrogen-bond donors (Lipinski definition) is 2. The summed E-state index contributed by atoms with van der Waals surface area (Å²) >= 11 is 6.71. The van der Waals surface area contributed by atoms with E-state index in [0.29, 0.717) is 66.3 Å². The molecular formula is C105H156F3NO22S4. The maximum absolute atomic E-state index is 12.9. The Kier molecular flexibility index (Phi) is 48.2. The molecule has 7 fully saturated rings. The fourth-order valence-corrected chi connectivity index (χ4v) is 16.5. The van der Waals surface area contributed by atoms with Gasteiger partial charge in [0.05, 0.1) is 51.1 Å². The van der Waals surface area contributed by atoms with Crippen molar-refractivity contribution < 1.29 is 116 Å². The van der Waals surface area contributed by atoms with Crippen LogP contribution in [0.4, 0.5) is 13.2 Å². The molecule has 2 N–H and O–H groups in total. The quantitative estimate of drug-likeness (QED) is 0.0225. The molecular weight excluding hydrogens is 1810 g/mol. The monoisotopic (exact) mass is 1970 g/mol. The van der Waals surface area contributed by atoms with Gasteiger partial charge in [0.15, 0.2) is 21.7 Å². The predicted octanol–water partition coefficient (Wildman–Crippen LogP) is 22.3. The van der Waals surface area contributed by atoms with Gasteiger partial charge in [-0.25, -0.2) is 21.2 Å². The van der Waals surface area contributed by atoms with Gasteiger partial charge in [0, 0.05) is 30.1 Å². The molecule has 23 nitrogen and oxygen atoms in total. The number of rotatable bonds is 26. The Morgan fingerprint density at radius 2 is 0.926 bits per heavy atom. The fraction of sp³-hybridized carbons (Fsp3) is 0.638. The summed E-state index contributed by atoms with van der Waals surface area (Å²) in [6.07, 6.45) is 10.7. The Labute approximate surface area is 814 Å². The van der Waals surface area contributed by atoms with Crippen LogP contribution < -0.4 is 0 Å². The van der Waals surface area contributed by atoms with Crippen LogP contribution in [0.3, 0.4) is 0 Å². The molecule has 135 heavy (non-hydrogen) atoms. The first-order valence-corrected chi connectivity index (χ1v) is 51.4. The Balaban J connectivity index is 0.000000392. The van der Waals surface area contributed by atoms with Crippen molar-refractivity contribution >= 4 is 87.3 Å². The molecule has 15 unspecified atom stereocenters. The topological polar surface area (TPSA) is 363 Å². The van der Waals surface area contributed by atoms with Gasteiger partial charge in [-0.05, 0) is 306 Å². The second-order valence-electron chi connectivity index (χ2n) is 40.3. The largest absolute Gasteiger partial charge is 0.744 e. The number of benzene rings is 5. The smallest absolute Gasteiger partial charge is 0.364 e. The average molecular weight is 1970 g/mol. The SMILES string of the molecule is CCC(C)(C)C(=O)OC(C)(C)C.CCC(C)(C)C(=O)OC(C)(C)C1CCCCC1.CCC(C)(C)C(=O)OC1C2CC3C(=O)OC1C3C2.CCC(C)(C)C(=O)OC1C2CC3C1OC(=O)C3(C#N)C2.CCC(C)C(=O)OCCC(F)C(F)(F)S(=O)(=O)[O-].CCC(C)c1ccc(O)cc1.CCC(C)c1ccc(O)cc1.CCC(C)c1ccc(S(=O)(=O)[O-])cc1.[SH2+]c1ccccc1.[SH2+]c1ccccc1. The number of ether oxygens (including phenoxy) is 7. The molecule has 0 aromatic heterocycles. The second kappa shape index (κ2) is 53.8. The number of halogens is 3. The van der Waals surface area contributed by atoms with Crippen molar-refractivity contribution in [3.8, 4) is 17.6 Å². The summed E-state index contributed by atoms with van der Waals surface area (Å²) < 4.78 is 138. The van der Waals surface area contributed by atoms with E-state index in [1.165, 1.54) is 62.3 Å². The number of carbonyl (C=O) groups is 7. The minimum absolute atomic E-state index is 0.0458. The van der Waals surface area contributed by atoms with E-state index in [9.17, 15) is 77.9 Å². The molecule has 5 saturated carbocycles. The van der Waals surface area contributed by atoms with Crippen LogP contribution in [0.1, 0.15) is 323 Å². The third-order valence-corrected chi connectivity index (χ3v) is 29.6. The lowest BCUT2D eigenvalue weighted by Gasteiger charge is -2.38. The molecule has 5 aromatic carbocycles. The van der Waals surface area contributed by atoms with Gasteiger partial charge in [0.25, 0.3) is 0 Å². The van der Waals surface area contributed by atoms with Gasteiger partial charge in [-0.3, -0.25) is 33.6 Å². The molecule has 15 atom stereocenters. The van der Waals surface area contributed by atoms with Gasteiger partial charge in [-0.15, -0.1) is 0 Å². The number of aromatic hydroxyl groups is 2. The summed E-state index contributed by atoms with van der Waals surface area (Å²) in [5, 5.41) is 22.3. The predicted molar refractivity (Wildman–Crippen MR) is 523 cm³/mol. The number of nitriles is 1. The Hall–Kier alpha value is -8.21. The van der Waals surface area contributed by atoms with Gasteiger partial charge in [-0.1, -0.05) is 175 Å². The molecule has 12 rings (SSSR count). The van der Waals surface area contributed by atoms with Gasteiger partial charge < -0.3 is 52.5 Å². The van der Waals surface area contributed by atoms with E-state index < -0.39 is 84.9 Å². The summed E-state index contributed by atoms with van der Waals surface area (Å²) in [4.78, 5) is 84.7. The molecule has 0 amide bonds. The zero-order valence-corrected chi connectivity index (χ0v) is 87.9. The summed E-state index contributed by atoms with van der Waals surface area (Å²) in [5.74, 6) is 1.23. The van der Waals surface area contributed by atoms with Gasteiger partial charge in [0.2, 0.25) is 0 Å². The number of esters is 7. The van der Waals surface area contributed by atoms with Crippen molar-refractivity contribution in [3.63, 3.8) is 0 Å². The van der Waals surface area contributed by atoms with E-state index >= 15 is 0 Å². The van der Waals surface area contributed by atoms with Crippen molar-refractivity contribution in [3.05, 3.63) is 150 Å². The van der Waals surface area contributed by atoms with Crippen LogP contribution >= 0.6 is 0 Å². The molecule has 30 heteroatoms. The number of alkyl halides is 3. The standard InChI is InChI=1S/C15H19NO4.C15H28O2.C14H20O4.C10H14O3S.C10H20O2.2C10H14O.C9H15F3O5S.2C6H6S/c1-4-14(2,3)12(17)19-10-8-5-9-11(10)20-13(18)15(9,6-8)7-16;1-6-14(2,3)13(16)17-15(4,5)12-10-8-7-9-11-12;1-4-14(2,3)13(16)18-10-7-5-8-9(6-7)12(15)17-11(8)10;1-3-8(2)9-4-6-10(7-5-9)14(11,12)13;1-7-10(5,6)8(11)12-9(2,3)4;2*1-3-8(2)9-4-6-10(11)7-5-9;1-3-6(2)8(13)17-5-4-7(10)9(11,12)18(14,15)16;2*7-6-4-2-1-3-5-6/h8-11H,4-6H2,1-3H3;12H,6-11H2,1-5H3;7-11H,4-6H2,1-3H3;4-8H,3H2,1-2H3,(H,11,12,13);7H2,1-6H3;2*4-8,11H,3H2,1-2H3;6-7H,3-5H2,1-2H3,(H,14,15,16);2*1-5,7H. The number of fused-ring (bicyclic) bond motifs is 2. The van der Waals surface area contributed by atoms with E-state index in [-0.39, 0.29) is 92.8 Å². The highest BCUT2D eigenvalue weighted by Gasteiger charge is 2.72. The summed E-state index contributed by atoms with van der Waals surface area (Å²) in [5.41, 5.74) is 0.307. The third kappa shape index (κ3) is 36.8. The highest BCUT2D eigenvalue weighted by molar-refractivity contribution is 7.86. The van der Waals surface area contributed by atoms with Crippen molar-refractivity contribution in [1.82, 2.24) is 0 Å². The molecule has 4 bridgehead atoms.